The molecule has 2 atom stereocenters. The van der Waals surface area contributed by atoms with Crippen LogP contribution in [0.1, 0.15) is 51.7 Å². The number of nitrogens with zero attached hydrogens (tertiary/aromatic N) is 3. The molecule has 6 nitrogen and oxygen atoms in total. The maximum atomic E-state index is 11.7. The van der Waals surface area contributed by atoms with Crippen LogP contribution in [0.4, 0.5) is 4.79 Å². The highest BCUT2D eigenvalue weighted by Gasteiger charge is 2.38. The number of carboxylic acid groups (broad SMARTS) is 1. The highest BCUT2D eigenvalue weighted by Crippen LogP contribution is 2.32. The monoisotopic (exact) mass is 431 g/mol. The highest BCUT2D eigenvalue weighted by atomic mass is 16.5. The molecule has 1 fully saturated rings. The molecule has 2 aliphatic rings. The normalized spacial score (nSPS) is 22.5. The Bertz CT molecular complexity index is 746. The quantitative estimate of drug-likeness (QED) is 0.708. The molecule has 1 aliphatic carbocycles. The van der Waals surface area contributed by atoms with Crippen molar-refractivity contribution in [3.8, 4) is 5.75 Å². The van der Waals surface area contributed by atoms with E-state index in [1.807, 2.05) is 0 Å². The van der Waals surface area contributed by atoms with Crippen LogP contribution in [0, 0.1) is 5.41 Å². The average Bonchev–Trinajstić information content (AvgIpc) is 2.74. The van der Waals surface area contributed by atoms with Crippen molar-refractivity contribution in [2.24, 2.45) is 5.41 Å². The van der Waals surface area contributed by atoms with Crippen LogP contribution in [0.15, 0.2) is 18.2 Å². The number of carbonyl (C=O) groups is 1. The standard InChI is InChI=1S/C25H41N3O3/c1-6-12-27(20-10-11-21-19(17-20)8-7-9-22(21)31-5)15-13-26-14-16-28(24(29)30)23(18-26)25(2,3)4/h7-9,20,23H,6,10-18H2,1-5H3,(H,29,30)/t20?,23-/m1/s1. The third-order valence-corrected chi connectivity index (χ3v) is 7.07. The molecule has 0 spiro atoms. The molecule has 0 bridgehead atoms. The van der Waals surface area contributed by atoms with E-state index >= 15 is 0 Å². The molecule has 1 aromatic rings. The highest BCUT2D eigenvalue weighted by molar-refractivity contribution is 5.65. The summed E-state index contributed by atoms with van der Waals surface area (Å²) in [6.07, 6.45) is 3.70. The van der Waals surface area contributed by atoms with Gasteiger partial charge in [-0.15, -0.1) is 0 Å². The van der Waals surface area contributed by atoms with Crippen LogP contribution in [0.25, 0.3) is 0 Å². The number of hydrogen-bond acceptors (Lipinski definition) is 4. The van der Waals surface area contributed by atoms with Crippen LogP contribution in [-0.4, -0.2) is 84.4 Å². The van der Waals surface area contributed by atoms with Gasteiger partial charge in [-0.05, 0) is 54.8 Å². The maximum Gasteiger partial charge on any atom is 0.407 e. The second-order valence-electron chi connectivity index (χ2n) is 10.2. The van der Waals surface area contributed by atoms with Crippen molar-refractivity contribution >= 4 is 6.09 Å². The lowest BCUT2D eigenvalue weighted by Crippen LogP contribution is -2.60. The molecule has 0 radical (unpaired) electrons. The molecular weight excluding hydrogens is 390 g/mol. The molecule has 1 N–H and O–H groups in total. The van der Waals surface area contributed by atoms with Gasteiger partial charge < -0.3 is 14.7 Å². The lowest BCUT2D eigenvalue weighted by atomic mass is 9.84. The Balaban J connectivity index is 1.63. The number of benzene rings is 1. The van der Waals surface area contributed by atoms with E-state index < -0.39 is 6.09 Å². The van der Waals surface area contributed by atoms with E-state index in [1.165, 1.54) is 17.5 Å². The third-order valence-electron chi connectivity index (χ3n) is 7.07. The van der Waals surface area contributed by atoms with Crippen LogP contribution in [-0.2, 0) is 12.8 Å². The van der Waals surface area contributed by atoms with Gasteiger partial charge in [-0.2, -0.15) is 0 Å². The first-order chi connectivity index (χ1) is 14.7. The smallest absolute Gasteiger partial charge is 0.407 e. The van der Waals surface area contributed by atoms with E-state index in [9.17, 15) is 9.90 Å². The second-order valence-corrected chi connectivity index (χ2v) is 10.2. The van der Waals surface area contributed by atoms with E-state index in [0.717, 1.165) is 57.7 Å². The Kier molecular flexibility index (Phi) is 7.87. The summed E-state index contributed by atoms with van der Waals surface area (Å²) in [5.41, 5.74) is 2.75. The Labute approximate surface area is 188 Å². The van der Waals surface area contributed by atoms with Crippen molar-refractivity contribution in [2.45, 2.75) is 65.5 Å². The fourth-order valence-corrected chi connectivity index (χ4v) is 5.30. The van der Waals surface area contributed by atoms with Gasteiger partial charge >= 0.3 is 6.09 Å². The average molecular weight is 432 g/mol. The third kappa shape index (κ3) is 5.72. The van der Waals surface area contributed by atoms with Crippen molar-refractivity contribution in [2.75, 3.05) is 46.4 Å². The van der Waals surface area contributed by atoms with Gasteiger partial charge in [0, 0.05) is 38.8 Å². The van der Waals surface area contributed by atoms with E-state index in [4.69, 9.17) is 4.74 Å². The zero-order valence-electron chi connectivity index (χ0n) is 20.1. The van der Waals surface area contributed by atoms with Gasteiger partial charge in [0.15, 0.2) is 0 Å². The number of hydrogen-bond donors (Lipinski definition) is 1. The molecule has 174 valence electrons. The minimum absolute atomic E-state index is 0.0346. The fourth-order valence-electron chi connectivity index (χ4n) is 5.30. The minimum atomic E-state index is -0.788. The number of amides is 1. The van der Waals surface area contributed by atoms with Crippen molar-refractivity contribution < 1.29 is 14.6 Å². The predicted molar refractivity (Wildman–Crippen MR) is 125 cm³/mol. The molecule has 1 amide bonds. The van der Waals surface area contributed by atoms with Gasteiger partial charge in [0.1, 0.15) is 5.75 Å². The fraction of sp³-hybridized carbons (Fsp3) is 0.720. The van der Waals surface area contributed by atoms with E-state index in [0.29, 0.717) is 12.6 Å². The lowest BCUT2D eigenvalue weighted by Gasteiger charge is -2.46. The SMILES string of the molecule is CCCN(CCN1CCN(C(=O)O)[C@@H](C(C)(C)C)C1)C1CCc2c(cccc2OC)C1. The summed E-state index contributed by atoms with van der Waals surface area (Å²) in [5, 5.41) is 9.62. The van der Waals surface area contributed by atoms with Crippen LogP contribution in [0.3, 0.4) is 0 Å². The lowest BCUT2D eigenvalue weighted by molar-refractivity contribution is 0.0167. The van der Waals surface area contributed by atoms with Crippen molar-refractivity contribution in [1.29, 1.82) is 0 Å². The van der Waals surface area contributed by atoms with Gasteiger partial charge in [0.05, 0.1) is 13.2 Å². The molecule has 1 unspecified atom stereocenters. The van der Waals surface area contributed by atoms with E-state index in [-0.39, 0.29) is 11.5 Å². The summed E-state index contributed by atoms with van der Waals surface area (Å²) >= 11 is 0. The van der Waals surface area contributed by atoms with Crippen molar-refractivity contribution in [1.82, 2.24) is 14.7 Å². The molecule has 3 rings (SSSR count). The van der Waals surface area contributed by atoms with Crippen LogP contribution in [0.5, 0.6) is 5.75 Å². The number of piperazine rings is 1. The molecule has 1 saturated heterocycles. The zero-order valence-corrected chi connectivity index (χ0v) is 20.1. The largest absolute Gasteiger partial charge is 0.496 e. The Morgan fingerprint density at radius 2 is 2.03 bits per heavy atom. The zero-order chi connectivity index (χ0) is 22.6. The van der Waals surface area contributed by atoms with Crippen LogP contribution >= 0.6 is 0 Å². The Morgan fingerprint density at radius 1 is 1.26 bits per heavy atom. The van der Waals surface area contributed by atoms with Crippen molar-refractivity contribution in [3.05, 3.63) is 29.3 Å². The van der Waals surface area contributed by atoms with Gasteiger partial charge in [0.25, 0.3) is 0 Å². The molecule has 1 aliphatic heterocycles. The molecule has 31 heavy (non-hydrogen) atoms. The molecular formula is C25H41N3O3. The van der Waals surface area contributed by atoms with Crippen LogP contribution in [0.2, 0.25) is 0 Å². The topological polar surface area (TPSA) is 56.2 Å². The molecule has 6 heteroatoms. The van der Waals surface area contributed by atoms with Gasteiger partial charge in [-0.3, -0.25) is 9.80 Å². The molecule has 1 aromatic carbocycles. The number of fused-ring (bicyclic) bond motifs is 1. The molecule has 0 aromatic heterocycles. The number of methoxy groups -OCH3 is 1. The number of rotatable bonds is 7. The first kappa shape index (κ1) is 23.9. The van der Waals surface area contributed by atoms with Crippen molar-refractivity contribution in [3.63, 3.8) is 0 Å². The second kappa shape index (κ2) is 10.2. The summed E-state index contributed by atoms with van der Waals surface area (Å²) in [5.74, 6) is 1.03. The van der Waals surface area contributed by atoms with Gasteiger partial charge in [-0.25, -0.2) is 4.79 Å². The van der Waals surface area contributed by atoms with Crippen LogP contribution < -0.4 is 4.74 Å². The predicted octanol–water partition coefficient (Wildman–Crippen LogP) is 3.97. The maximum absolute atomic E-state index is 11.7. The summed E-state index contributed by atoms with van der Waals surface area (Å²) in [6, 6.07) is 7.04. The first-order valence-corrected chi connectivity index (χ1v) is 11.8. The minimum Gasteiger partial charge on any atom is -0.496 e. The Hall–Kier alpha value is -1.79. The Morgan fingerprint density at radius 3 is 2.68 bits per heavy atom. The van der Waals surface area contributed by atoms with Gasteiger partial charge in [0.2, 0.25) is 0 Å². The summed E-state index contributed by atoms with van der Waals surface area (Å²) < 4.78 is 5.58. The molecule has 0 saturated carbocycles. The first-order valence-electron chi connectivity index (χ1n) is 11.8. The summed E-state index contributed by atoms with van der Waals surface area (Å²) in [7, 11) is 1.76. The van der Waals surface area contributed by atoms with E-state index in [2.05, 4.69) is 55.7 Å². The van der Waals surface area contributed by atoms with Gasteiger partial charge in [-0.1, -0.05) is 39.8 Å². The summed E-state index contributed by atoms with van der Waals surface area (Å²) in [4.78, 5) is 18.5. The van der Waals surface area contributed by atoms with E-state index in [1.54, 1.807) is 12.0 Å². The number of ether oxygens (including phenoxy) is 1. The summed E-state index contributed by atoms with van der Waals surface area (Å²) in [6.45, 7) is 14.1. The molecule has 1 heterocycles.